The molecule has 0 amide bonds. The van der Waals surface area contributed by atoms with E-state index in [0.29, 0.717) is 12.0 Å². The summed E-state index contributed by atoms with van der Waals surface area (Å²) in [5.74, 6) is 6.68. The average molecular weight is 276 g/mol. The third-order valence-electron chi connectivity index (χ3n) is 7.61. The molecule has 4 fully saturated rings. The average Bonchev–Trinajstić information content (AvgIpc) is 3.14. The van der Waals surface area contributed by atoms with Crippen molar-refractivity contribution < 1.29 is 9.53 Å². The van der Waals surface area contributed by atoms with Gasteiger partial charge in [-0.05, 0) is 73.5 Å². The van der Waals surface area contributed by atoms with Crippen LogP contribution in [0.3, 0.4) is 0 Å². The largest absolute Gasteiger partial charge is 0.381 e. The van der Waals surface area contributed by atoms with Gasteiger partial charge in [-0.25, -0.2) is 0 Å². The Labute approximate surface area is 122 Å². The maximum Gasteiger partial charge on any atom is 0.123 e. The Morgan fingerprint density at radius 1 is 1.00 bits per heavy atom. The van der Waals surface area contributed by atoms with Crippen LogP contribution in [0, 0.1) is 47.3 Å². The van der Waals surface area contributed by atoms with Gasteiger partial charge in [-0.1, -0.05) is 13.3 Å². The maximum absolute atomic E-state index is 11.2. The second-order valence-corrected chi connectivity index (χ2v) is 7.92. The molecule has 20 heavy (non-hydrogen) atoms. The van der Waals surface area contributed by atoms with Gasteiger partial charge in [0.1, 0.15) is 6.29 Å². The predicted molar refractivity (Wildman–Crippen MR) is 78.2 cm³/mol. The van der Waals surface area contributed by atoms with Gasteiger partial charge in [-0.3, -0.25) is 0 Å². The smallest absolute Gasteiger partial charge is 0.123 e. The minimum Gasteiger partial charge on any atom is -0.381 e. The van der Waals surface area contributed by atoms with Crippen LogP contribution in [-0.2, 0) is 9.53 Å². The first kappa shape index (κ1) is 13.3. The molecule has 0 spiro atoms. The van der Waals surface area contributed by atoms with Crippen molar-refractivity contribution in [3.05, 3.63) is 0 Å². The number of carbonyl (C=O) groups excluding carboxylic acids is 1. The Bertz CT molecular complexity index is 393. The first-order valence-electron chi connectivity index (χ1n) is 8.76. The number of rotatable bonds is 3. The summed E-state index contributed by atoms with van der Waals surface area (Å²) in [6.07, 6.45) is 9.57. The lowest BCUT2D eigenvalue weighted by atomic mass is 9.59. The van der Waals surface area contributed by atoms with Gasteiger partial charge in [0, 0.05) is 13.0 Å². The Balaban J connectivity index is 1.60. The summed E-state index contributed by atoms with van der Waals surface area (Å²) < 4.78 is 5.81. The standard InChI is InChI=1S/C18H28O2/c1-3-11-17(20-2)5-4-12-15-8-16(18(11)12)14-7-10(9-19)6-13(14)15/h9-18H,3-8H2,1-2H3. The van der Waals surface area contributed by atoms with Crippen LogP contribution in [0.15, 0.2) is 0 Å². The molecule has 4 aliphatic rings. The molecule has 4 saturated carbocycles. The van der Waals surface area contributed by atoms with E-state index in [1.807, 2.05) is 7.11 Å². The molecule has 0 saturated heterocycles. The summed E-state index contributed by atoms with van der Waals surface area (Å²) in [4.78, 5) is 11.2. The summed E-state index contributed by atoms with van der Waals surface area (Å²) in [6.45, 7) is 2.35. The molecule has 112 valence electrons. The lowest BCUT2D eigenvalue weighted by molar-refractivity contribution is -0.111. The fourth-order valence-electron chi connectivity index (χ4n) is 7.13. The quantitative estimate of drug-likeness (QED) is 0.737. The van der Waals surface area contributed by atoms with E-state index in [0.717, 1.165) is 41.4 Å². The number of aldehydes is 1. The molecule has 4 aliphatic carbocycles. The van der Waals surface area contributed by atoms with Crippen LogP contribution in [-0.4, -0.2) is 19.5 Å². The fraction of sp³-hybridized carbons (Fsp3) is 0.944. The van der Waals surface area contributed by atoms with Crippen LogP contribution >= 0.6 is 0 Å². The van der Waals surface area contributed by atoms with Gasteiger partial charge < -0.3 is 9.53 Å². The van der Waals surface area contributed by atoms with E-state index in [9.17, 15) is 4.79 Å². The number of hydrogen-bond acceptors (Lipinski definition) is 2. The molecule has 0 aromatic heterocycles. The van der Waals surface area contributed by atoms with Gasteiger partial charge in [-0.2, -0.15) is 0 Å². The van der Waals surface area contributed by atoms with Crippen molar-refractivity contribution in [3.63, 3.8) is 0 Å². The second kappa shape index (κ2) is 4.83. The molecule has 2 bridgehead atoms. The summed E-state index contributed by atoms with van der Waals surface area (Å²) >= 11 is 0. The molecule has 0 aromatic carbocycles. The van der Waals surface area contributed by atoms with Crippen molar-refractivity contribution in [2.75, 3.05) is 7.11 Å². The first-order chi connectivity index (χ1) is 9.78. The highest BCUT2D eigenvalue weighted by atomic mass is 16.5. The molecule has 9 unspecified atom stereocenters. The predicted octanol–water partition coefficient (Wildman–Crippen LogP) is 3.54. The molecular weight excluding hydrogens is 248 g/mol. The van der Waals surface area contributed by atoms with Gasteiger partial charge in [0.2, 0.25) is 0 Å². The van der Waals surface area contributed by atoms with E-state index in [-0.39, 0.29) is 0 Å². The second-order valence-electron chi connectivity index (χ2n) is 7.92. The van der Waals surface area contributed by atoms with Gasteiger partial charge >= 0.3 is 0 Å². The van der Waals surface area contributed by atoms with Crippen molar-refractivity contribution in [1.82, 2.24) is 0 Å². The highest BCUT2D eigenvalue weighted by Crippen LogP contribution is 2.68. The molecule has 9 atom stereocenters. The van der Waals surface area contributed by atoms with Crippen LogP contribution in [0.1, 0.15) is 45.4 Å². The molecule has 0 aromatic rings. The van der Waals surface area contributed by atoms with E-state index in [2.05, 4.69) is 6.92 Å². The third kappa shape index (κ3) is 1.63. The Kier molecular flexibility index (Phi) is 3.21. The van der Waals surface area contributed by atoms with Gasteiger partial charge in [-0.15, -0.1) is 0 Å². The number of fused-ring (bicyclic) bond motifs is 8. The van der Waals surface area contributed by atoms with E-state index in [1.165, 1.54) is 44.8 Å². The number of methoxy groups -OCH3 is 1. The summed E-state index contributed by atoms with van der Waals surface area (Å²) in [7, 11) is 1.90. The molecule has 0 heterocycles. The molecule has 2 heteroatoms. The summed E-state index contributed by atoms with van der Waals surface area (Å²) in [5.41, 5.74) is 0. The molecule has 0 aliphatic heterocycles. The molecule has 2 nitrogen and oxygen atoms in total. The van der Waals surface area contributed by atoms with E-state index in [1.54, 1.807) is 0 Å². The minimum absolute atomic E-state index is 0.383. The summed E-state index contributed by atoms with van der Waals surface area (Å²) in [6, 6.07) is 0. The summed E-state index contributed by atoms with van der Waals surface area (Å²) in [5, 5.41) is 0. The maximum atomic E-state index is 11.2. The van der Waals surface area contributed by atoms with Crippen LogP contribution in [0.2, 0.25) is 0 Å². The van der Waals surface area contributed by atoms with E-state index in [4.69, 9.17) is 4.74 Å². The topological polar surface area (TPSA) is 26.3 Å². The van der Waals surface area contributed by atoms with Crippen molar-refractivity contribution in [2.45, 2.75) is 51.6 Å². The molecule has 4 rings (SSSR count). The normalized spacial score (nSPS) is 56.6. The lowest BCUT2D eigenvalue weighted by Gasteiger charge is -2.48. The minimum atomic E-state index is 0.383. The van der Waals surface area contributed by atoms with Crippen LogP contribution in [0.25, 0.3) is 0 Å². The number of carbonyl (C=O) groups is 1. The zero-order valence-corrected chi connectivity index (χ0v) is 12.8. The Morgan fingerprint density at radius 3 is 2.35 bits per heavy atom. The highest BCUT2D eigenvalue weighted by molar-refractivity contribution is 5.54. The SMILES string of the molecule is CCC1C(OC)CCC2C3CC(C4CC(C=O)CC34)C12. The van der Waals surface area contributed by atoms with Crippen LogP contribution < -0.4 is 0 Å². The fourth-order valence-corrected chi connectivity index (χ4v) is 7.13. The van der Waals surface area contributed by atoms with E-state index < -0.39 is 0 Å². The van der Waals surface area contributed by atoms with Crippen molar-refractivity contribution in [1.29, 1.82) is 0 Å². The van der Waals surface area contributed by atoms with E-state index >= 15 is 0 Å². The van der Waals surface area contributed by atoms with Crippen molar-refractivity contribution >= 4 is 6.29 Å². The zero-order chi connectivity index (χ0) is 13.9. The number of hydrogen-bond donors (Lipinski definition) is 0. The van der Waals surface area contributed by atoms with Crippen LogP contribution in [0.5, 0.6) is 0 Å². The molecule has 0 N–H and O–H groups in total. The zero-order valence-electron chi connectivity index (χ0n) is 12.8. The van der Waals surface area contributed by atoms with Gasteiger partial charge in [0.05, 0.1) is 6.10 Å². The van der Waals surface area contributed by atoms with Gasteiger partial charge in [0.15, 0.2) is 0 Å². The lowest BCUT2D eigenvalue weighted by Crippen LogP contribution is -2.45. The third-order valence-corrected chi connectivity index (χ3v) is 7.61. The molecular formula is C18H28O2. The van der Waals surface area contributed by atoms with Crippen LogP contribution in [0.4, 0.5) is 0 Å². The molecule has 0 radical (unpaired) electrons. The van der Waals surface area contributed by atoms with Gasteiger partial charge in [0.25, 0.3) is 0 Å². The van der Waals surface area contributed by atoms with Crippen molar-refractivity contribution in [2.24, 2.45) is 47.3 Å². The Morgan fingerprint density at radius 2 is 1.70 bits per heavy atom. The monoisotopic (exact) mass is 276 g/mol. The highest BCUT2D eigenvalue weighted by Gasteiger charge is 2.62. The van der Waals surface area contributed by atoms with Crippen molar-refractivity contribution in [3.8, 4) is 0 Å². The Hall–Kier alpha value is -0.370. The first-order valence-corrected chi connectivity index (χ1v) is 8.76. The number of ether oxygens (including phenoxy) is 1.